The third kappa shape index (κ3) is 5.26. The molecule has 0 radical (unpaired) electrons. The van der Waals surface area contributed by atoms with Gasteiger partial charge in [0.05, 0.1) is 18.4 Å². The molecule has 1 aromatic heterocycles. The summed E-state index contributed by atoms with van der Waals surface area (Å²) in [4.78, 5) is 6.62. The van der Waals surface area contributed by atoms with E-state index in [1.807, 2.05) is 25.1 Å². The second kappa shape index (κ2) is 7.37. The lowest BCUT2D eigenvalue weighted by Gasteiger charge is -2.22. The molecule has 1 heterocycles. The highest BCUT2D eigenvalue weighted by Gasteiger charge is 2.11. The SMILES string of the molecule is CCN(Cc1cccc(C)n1)CC(O)COC. The van der Waals surface area contributed by atoms with Crippen molar-refractivity contribution in [2.75, 3.05) is 26.8 Å². The molecule has 0 aliphatic carbocycles. The molecule has 0 fully saturated rings. The maximum Gasteiger partial charge on any atom is 0.0900 e. The van der Waals surface area contributed by atoms with Gasteiger partial charge in [-0.15, -0.1) is 0 Å². The average Bonchev–Trinajstić information content (AvgIpc) is 2.28. The molecule has 1 N–H and O–H groups in total. The average molecular weight is 238 g/mol. The molecule has 0 bridgehead atoms. The fourth-order valence-electron chi connectivity index (χ4n) is 1.77. The molecule has 1 atom stereocenters. The molecule has 0 aliphatic rings. The molecule has 96 valence electrons. The van der Waals surface area contributed by atoms with E-state index in [1.54, 1.807) is 7.11 Å². The molecule has 4 nitrogen and oxygen atoms in total. The van der Waals surface area contributed by atoms with Crippen LogP contribution in [0.25, 0.3) is 0 Å². The monoisotopic (exact) mass is 238 g/mol. The Bertz CT molecular complexity index is 331. The Morgan fingerprint density at radius 2 is 2.24 bits per heavy atom. The van der Waals surface area contributed by atoms with Crippen molar-refractivity contribution in [3.05, 3.63) is 29.6 Å². The fourth-order valence-corrected chi connectivity index (χ4v) is 1.77. The first-order valence-electron chi connectivity index (χ1n) is 5.97. The van der Waals surface area contributed by atoms with Crippen LogP contribution >= 0.6 is 0 Å². The largest absolute Gasteiger partial charge is 0.389 e. The first kappa shape index (κ1) is 14.1. The molecule has 0 amide bonds. The maximum atomic E-state index is 9.70. The zero-order valence-corrected chi connectivity index (χ0v) is 10.9. The number of aryl methyl sites for hydroxylation is 1. The summed E-state index contributed by atoms with van der Waals surface area (Å²) in [5.74, 6) is 0. The molecular weight excluding hydrogens is 216 g/mol. The first-order valence-corrected chi connectivity index (χ1v) is 5.97. The van der Waals surface area contributed by atoms with Crippen molar-refractivity contribution >= 4 is 0 Å². The Kier molecular flexibility index (Phi) is 6.11. The van der Waals surface area contributed by atoms with E-state index >= 15 is 0 Å². The normalized spacial score (nSPS) is 13.0. The summed E-state index contributed by atoms with van der Waals surface area (Å²) in [7, 11) is 1.60. The van der Waals surface area contributed by atoms with E-state index in [1.165, 1.54) is 0 Å². The molecule has 0 saturated heterocycles. The van der Waals surface area contributed by atoms with Crippen molar-refractivity contribution in [3.63, 3.8) is 0 Å². The van der Waals surface area contributed by atoms with Crippen LogP contribution < -0.4 is 0 Å². The van der Waals surface area contributed by atoms with Crippen LogP contribution in [0, 0.1) is 6.92 Å². The summed E-state index contributed by atoms with van der Waals surface area (Å²) < 4.78 is 4.93. The fraction of sp³-hybridized carbons (Fsp3) is 0.615. The summed E-state index contributed by atoms with van der Waals surface area (Å²) in [5.41, 5.74) is 2.06. The third-order valence-corrected chi connectivity index (χ3v) is 2.61. The third-order valence-electron chi connectivity index (χ3n) is 2.61. The molecule has 0 aliphatic heterocycles. The second-order valence-electron chi connectivity index (χ2n) is 4.21. The summed E-state index contributed by atoms with van der Waals surface area (Å²) in [5, 5.41) is 9.70. The van der Waals surface area contributed by atoms with Crippen LogP contribution in [0.15, 0.2) is 18.2 Å². The molecule has 0 spiro atoms. The number of hydrogen-bond acceptors (Lipinski definition) is 4. The molecule has 0 aromatic carbocycles. The predicted molar refractivity (Wildman–Crippen MR) is 67.8 cm³/mol. The molecule has 1 aromatic rings. The summed E-state index contributed by atoms with van der Waals surface area (Å²) in [6.45, 7) is 6.70. The van der Waals surface area contributed by atoms with Gasteiger partial charge >= 0.3 is 0 Å². The number of rotatable bonds is 7. The highest BCUT2D eigenvalue weighted by molar-refractivity contribution is 5.09. The van der Waals surface area contributed by atoms with Gasteiger partial charge in [-0.25, -0.2) is 0 Å². The van der Waals surface area contributed by atoms with Gasteiger partial charge < -0.3 is 9.84 Å². The van der Waals surface area contributed by atoms with Crippen molar-refractivity contribution in [2.24, 2.45) is 0 Å². The van der Waals surface area contributed by atoms with Crippen LogP contribution in [0.1, 0.15) is 18.3 Å². The van der Waals surface area contributed by atoms with Gasteiger partial charge in [0, 0.05) is 25.9 Å². The number of methoxy groups -OCH3 is 1. The number of pyridine rings is 1. The van der Waals surface area contributed by atoms with E-state index in [9.17, 15) is 5.11 Å². The molecule has 0 saturated carbocycles. The van der Waals surface area contributed by atoms with Crippen LogP contribution in [0.5, 0.6) is 0 Å². The van der Waals surface area contributed by atoms with Gasteiger partial charge in [0.15, 0.2) is 0 Å². The van der Waals surface area contributed by atoms with Gasteiger partial charge in [0.25, 0.3) is 0 Å². The topological polar surface area (TPSA) is 45.6 Å². The van der Waals surface area contributed by atoms with Crippen LogP contribution in [0.3, 0.4) is 0 Å². The number of aliphatic hydroxyl groups is 1. The minimum atomic E-state index is -0.440. The van der Waals surface area contributed by atoms with Crippen molar-refractivity contribution < 1.29 is 9.84 Å². The maximum absolute atomic E-state index is 9.70. The van der Waals surface area contributed by atoms with Gasteiger partial charge in [-0.1, -0.05) is 13.0 Å². The van der Waals surface area contributed by atoms with Gasteiger partial charge in [0.1, 0.15) is 0 Å². The number of aliphatic hydroxyl groups excluding tert-OH is 1. The number of nitrogens with zero attached hydrogens (tertiary/aromatic N) is 2. The molecule has 1 rings (SSSR count). The Morgan fingerprint density at radius 3 is 2.82 bits per heavy atom. The Hall–Kier alpha value is -0.970. The van der Waals surface area contributed by atoms with Crippen molar-refractivity contribution in [3.8, 4) is 0 Å². The van der Waals surface area contributed by atoms with Crippen LogP contribution in [0.4, 0.5) is 0 Å². The Balaban J connectivity index is 2.51. The lowest BCUT2D eigenvalue weighted by molar-refractivity contribution is 0.0368. The first-order chi connectivity index (χ1) is 8.15. The highest BCUT2D eigenvalue weighted by atomic mass is 16.5. The van der Waals surface area contributed by atoms with Crippen LogP contribution in [-0.4, -0.2) is 47.9 Å². The van der Waals surface area contributed by atoms with Crippen molar-refractivity contribution in [1.29, 1.82) is 0 Å². The van der Waals surface area contributed by atoms with E-state index in [2.05, 4.69) is 16.8 Å². The summed E-state index contributed by atoms with van der Waals surface area (Å²) in [6.07, 6.45) is -0.440. The molecule has 17 heavy (non-hydrogen) atoms. The Labute approximate surface area is 103 Å². The predicted octanol–water partition coefficient (Wildman–Crippen LogP) is 1.22. The standard InChI is InChI=1S/C13H22N2O2/c1-4-15(9-13(16)10-17-3)8-12-7-5-6-11(2)14-12/h5-7,13,16H,4,8-10H2,1-3H3. The number of ether oxygens (including phenoxy) is 1. The lowest BCUT2D eigenvalue weighted by atomic mass is 10.2. The highest BCUT2D eigenvalue weighted by Crippen LogP contribution is 2.04. The second-order valence-corrected chi connectivity index (χ2v) is 4.21. The minimum absolute atomic E-state index is 0.373. The van der Waals surface area contributed by atoms with Crippen molar-refractivity contribution in [2.45, 2.75) is 26.5 Å². The van der Waals surface area contributed by atoms with Crippen molar-refractivity contribution in [1.82, 2.24) is 9.88 Å². The number of likely N-dealkylation sites (N-methyl/N-ethyl adjacent to an activating group) is 1. The number of aromatic nitrogens is 1. The van der Waals surface area contributed by atoms with E-state index in [0.717, 1.165) is 24.5 Å². The van der Waals surface area contributed by atoms with Gasteiger partial charge in [-0.2, -0.15) is 0 Å². The quantitative estimate of drug-likeness (QED) is 0.776. The van der Waals surface area contributed by atoms with Gasteiger partial charge in [-0.05, 0) is 25.6 Å². The van der Waals surface area contributed by atoms with Crippen LogP contribution in [0.2, 0.25) is 0 Å². The minimum Gasteiger partial charge on any atom is -0.389 e. The van der Waals surface area contributed by atoms with Gasteiger partial charge in [-0.3, -0.25) is 9.88 Å². The summed E-state index contributed by atoms with van der Waals surface area (Å²) >= 11 is 0. The van der Waals surface area contributed by atoms with Crippen LogP contribution in [-0.2, 0) is 11.3 Å². The number of hydrogen-bond donors (Lipinski definition) is 1. The zero-order chi connectivity index (χ0) is 12.7. The van der Waals surface area contributed by atoms with E-state index in [0.29, 0.717) is 13.2 Å². The molecule has 4 heteroatoms. The smallest absolute Gasteiger partial charge is 0.0900 e. The van der Waals surface area contributed by atoms with E-state index < -0.39 is 6.10 Å². The molecule has 1 unspecified atom stereocenters. The lowest BCUT2D eigenvalue weighted by Crippen LogP contribution is -2.34. The van der Waals surface area contributed by atoms with E-state index in [-0.39, 0.29) is 0 Å². The molecular formula is C13H22N2O2. The summed E-state index contributed by atoms with van der Waals surface area (Å²) in [6, 6.07) is 6.01. The Morgan fingerprint density at radius 1 is 1.47 bits per heavy atom. The van der Waals surface area contributed by atoms with E-state index in [4.69, 9.17) is 4.74 Å². The zero-order valence-electron chi connectivity index (χ0n) is 10.9. The van der Waals surface area contributed by atoms with Gasteiger partial charge in [0.2, 0.25) is 0 Å².